The number of hydrogen-bond donors (Lipinski definition) is 1. The largest absolute Gasteiger partial charge is 0.416 e. The van der Waals surface area contributed by atoms with Crippen LogP contribution in [-0.2, 0) is 6.18 Å². The fourth-order valence-electron chi connectivity index (χ4n) is 2.74. The van der Waals surface area contributed by atoms with Gasteiger partial charge in [-0.15, -0.1) is 0 Å². The van der Waals surface area contributed by atoms with E-state index in [4.69, 9.17) is 0 Å². The molecule has 0 amide bonds. The van der Waals surface area contributed by atoms with Gasteiger partial charge < -0.3 is 5.32 Å². The molecule has 4 aromatic rings. The van der Waals surface area contributed by atoms with Gasteiger partial charge in [0.05, 0.1) is 17.5 Å². The van der Waals surface area contributed by atoms with Crippen LogP contribution < -0.4 is 5.32 Å². The zero-order chi connectivity index (χ0) is 19.6. The van der Waals surface area contributed by atoms with E-state index in [0.717, 1.165) is 17.8 Å². The number of rotatable bonds is 4. The molecule has 0 saturated carbocycles. The van der Waals surface area contributed by atoms with Crippen LogP contribution in [0.5, 0.6) is 0 Å². The molecular formula is C20H14F3N5. The molecule has 2 aromatic heterocycles. The third-order valence-electron chi connectivity index (χ3n) is 4.02. The molecular weight excluding hydrogens is 367 g/mol. The zero-order valence-corrected chi connectivity index (χ0v) is 14.4. The lowest BCUT2D eigenvalue weighted by Gasteiger charge is -2.11. The Hall–Kier alpha value is -3.68. The standard InChI is InChI=1S/C20H14F3N5/c21-20(22,23)15-6-4-5-14(13-15)17-9-12-25-28(17)18-10-11-24-19(27-18)26-16-7-2-1-3-8-16/h1-13H,(H,24,26,27). The summed E-state index contributed by atoms with van der Waals surface area (Å²) in [5.74, 6) is 0.792. The van der Waals surface area contributed by atoms with Crippen molar-refractivity contribution in [1.29, 1.82) is 0 Å². The summed E-state index contributed by atoms with van der Waals surface area (Å²) in [5.41, 5.74) is 0.990. The zero-order valence-electron chi connectivity index (χ0n) is 14.4. The Morgan fingerprint density at radius 3 is 2.46 bits per heavy atom. The van der Waals surface area contributed by atoms with Gasteiger partial charge in [0, 0.05) is 23.5 Å². The third-order valence-corrected chi connectivity index (χ3v) is 4.02. The van der Waals surface area contributed by atoms with Crippen molar-refractivity contribution in [3.63, 3.8) is 0 Å². The second-order valence-corrected chi connectivity index (χ2v) is 5.94. The molecule has 0 bridgehead atoms. The van der Waals surface area contributed by atoms with Crippen LogP contribution in [0.15, 0.2) is 79.1 Å². The second kappa shape index (κ2) is 7.15. The normalized spacial score (nSPS) is 11.4. The molecule has 5 nitrogen and oxygen atoms in total. The van der Waals surface area contributed by atoms with Crippen LogP contribution in [0, 0.1) is 0 Å². The number of aromatic nitrogens is 4. The maximum atomic E-state index is 13.0. The minimum absolute atomic E-state index is 0.356. The second-order valence-electron chi connectivity index (χ2n) is 5.94. The number of nitrogens with one attached hydrogen (secondary N) is 1. The maximum absolute atomic E-state index is 13.0. The average molecular weight is 381 g/mol. The van der Waals surface area contributed by atoms with Crippen LogP contribution in [-0.4, -0.2) is 19.7 Å². The molecule has 2 heterocycles. The van der Waals surface area contributed by atoms with Crippen LogP contribution in [0.2, 0.25) is 0 Å². The van der Waals surface area contributed by atoms with Crippen molar-refractivity contribution in [3.8, 4) is 17.1 Å². The molecule has 0 saturated heterocycles. The van der Waals surface area contributed by atoms with E-state index in [9.17, 15) is 13.2 Å². The number of halogens is 3. The number of para-hydroxylation sites is 1. The molecule has 2 aromatic carbocycles. The fraction of sp³-hybridized carbons (Fsp3) is 0.0500. The van der Waals surface area contributed by atoms with Gasteiger partial charge in [0.1, 0.15) is 0 Å². The van der Waals surface area contributed by atoms with E-state index < -0.39 is 11.7 Å². The number of benzene rings is 2. The van der Waals surface area contributed by atoms with Crippen molar-refractivity contribution in [2.45, 2.75) is 6.18 Å². The lowest BCUT2D eigenvalue weighted by atomic mass is 10.1. The summed E-state index contributed by atoms with van der Waals surface area (Å²) in [7, 11) is 0. The van der Waals surface area contributed by atoms with E-state index in [2.05, 4.69) is 20.4 Å². The van der Waals surface area contributed by atoms with E-state index in [0.29, 0.717) is 23.0 Å². The predicted octanol–water partition coefficient (Wildman–Crippen LogP) is 5.09. The molecule has 0 unspecified atom stereocenters. The van der Waals surface area contributed by atoms with Gasteiger partial charge >= 0.3 is 6.18 Å². The van der Waals surface area contributed by atoms with Crippen molar-refractivity contribution in [1.82, 2.24) is 19.7 Å². The Labute approximate surface area is 158 Å². The first-order chi connectivity index (χ1) is 13.5. The van der Waals surface area contributed by atoms with Crippen molar-refractivity contribution in [2.24, 2.45) is 0 Å². The fourth-order valence-corrected chi connectivity index (χ4v) is 2.74. The highest BCUT2D eigenvalue weighted by atomic mass is 19.4. The van der Waals surface area contributed by atoms with E-state index in [1.807, 2.05) is 30.3 Å². The molecule has 28 heavy (non-hydrogen) atoms. The molecule has 0 radical (unpaired) electrons. The molecule has 4 rings (SSSR count). The molecule has 1 N–H and O–H groups in total. The van der Waals surface area contributed by atoms with E-state index in [1.54, 1.807) is 24.4 Å². The minimum Gasteiger partial charge on any atom is -0.324 e. The Bertz CT molecular complexity index is 1090. The highest BCUT2D eigenvalue weighted by molar-refractivity contribution is 5.63. The number of alkyl halides is 3. The first-order valence-electron chi connectivity index (χ1n) is 8.38. The molecule has 8 heteroatoms. The smallest absolute Gasteiger partial charge is 0.324 e. The highest BCUT2D eigenvalue weighted by Crippen LogP contribution is 2.32. The average Bonchev–Trinajstić information content (AvgIpc) is 3.18. The maximum Gasteiger partial charge on any atom is 0.416 e. The highest BCUT2D eigenvalue weighted by Gasteiger charge is 2.30. The van der Waals surface area contributed by atoms with Gasteiger partial charge in [-0.05, 0) is 30.3 Å². The summed E-state index contributed by atoms with van der Waals surface area (Å²) >= 11 is 0. The van der Waals surface area contributed by atoms with Gasteiger partial charge in [0.15, 0.2) is 5.82 Å². The minimum atomic E-state index is -4.41. The van der Waals surface area contributed by atoms with E-state index in [1.165, 1.54) is 16.9 Å². The Morgan fingerprint density at radius 2 is 1.68 bits per heavy atom. The Balaban J connectivity index is 1.69. The summed E-state index contributed by atoms with van der Waals surface area (Å²) in [5, 5.41) is 7.30. The number of nitrogens with zero attached hydrogens (tertiary/aromatic N) is 4. The molecule has 0 aliphatic heterocycles. The Kier molecular flexibility index (Phi) is 4.52. The molecule has 0 aliphatic rings. The monoisotopic (exact) mass is 381 g/mol. The summed E-state index contributed by atoms with van der Waals surface area (Å²) < 4.78 is 40.6. The Morgan fingerprint density at radius 1 is 0.857 bits per heavy atom. The lowest BCUT2D eigenvalue weighted by Crippen LogP contribution is -2.07. The van der Waals surface area contributed by atoms with Gasteiger partial charge in [0.25, 0.3) is 0 Å². The number of anilines is 2. The summed E-state index contributed by atoms with van der Waals surface area (Å²) in [4.78, 5) is 8.61. The van der Waals surface area contributed by atoms with Gasteiger partial charge in [0.2, 0.25) is 5.95 Å². The van der Waals surface area contributed by atoms with Crippen LogP contribution in [0.1, 0.15) is 5.56 Å². The quantitative estimate of drug-likeness (QED) is 0.535. The lowest BCUT2D eigenvalue weighted by molar-refractivity contribution is -0.137. The molecule has 140 valence electrons. The predicted molar refractivity (Wildman–Crippen MR) is 99.3 cm³/mol. The van der Waals surface area contributed by atoms with Crippen molar-refractivity contribution in [2.75, 3.05) is 5.32 Å². The molecule has 0 fully saturated rings. The first kappa shape index (κ1) is 17.7. The van der Waals surface area contributed by atoms with Gasteiger partial charge in [-0.25, -0.2) is 9.67 Å². The molecule has 0 aliphatic carbocycles. The van der Waals surface area contributed by atoms with Crippen LogP contribution in [0.3, 0.4) is 0 Å². The molecule has 0 atom stereocenters. The first-order valence-corrected chi connectivity index (χ1v) is 8.38. The molecule has 0 spiro atoms. The van der Waals surface area contributed by atoms with Gasteiger partial charge in [-0.1, -0.05) is 30.3 Å². The van der Waals surface area contributed by atoms with Gasteiger partial charge in [-0.2, -0.15) is 23.3 Å². The number of hydrogen-bond acceptors (Lipinski definition) is 4. The van der Waals surface area contributed by atoms with E-state index in [-0.39, 0.29) is 0 Å². The summed E-state index contributed by atoms with van der Waals surface area (Å²) in [6.45, 7) is 0. The van der Waals surface area contributed by atoms with Crippen LogP contribution in [0.4, 0.5) is 24.8 Å². The van der Waals surface area contributed by atoms with Gasteiger partial charge in [-0.3, -0.25) is 0 Å². The third kappa shape index (κ3) is 3.71. The topological polar surface area (TPSA) is 55.6 Å². The van der Waals surface area contributed by atoms with E-state index >= 15 is 0 Å². The summed E-state index contributed by atoms with van der Waals surface area (Å²) in [6, 6.07) is 17.8. The van der Waals surface area contributed by atoms with Crippen molar-refractivity contribution < 1.29 is 13.2 Å². The van der Waals surface area contributed by atoms with Crippen LogP contribution in [0.25, 0.3) is 17.1 Å². The van der Waals surface area contributed by atoms with Crippen molar-refractivity contribution in [3.05, 3.63) is 84.7 Å². The SMILES string of the molecule is FC(F)(F)c1cccc(-c2ccnn2-c2ccnc(Nc3ccccc3)n2)c1. The van der Waals surface area contributed by atoms with Crippen LogP contribution >= 0.6 is 0 Å². The summed E-state index contributed by atoms with van der Waals surface area (Å²) in [6.07, 6.45) is -1.34. The van der Waals surface area contributed by atoms with Crippen molar-refractivity contribution >= 4 is 11.6 Å².